The Morgan fingerprint density at radius 2 is 1.95 bits per heavy atom. The van der Waals surface area contributed by atoms with Gasteiger partial charge in [-0.25, -0.2) is 4.39 Å². The highest BCUT2D eigenvalue weighted by molar-refractivity contribution is 9.10. The van der Waals surface area contributed by atoms with E-state index in [-0.39, 0.29) is 24.3 Å². The van der Waals surface area contributed by atoms with Crippen LogP contribution in [0.15, 0.2) is 45.8 Å². The molecule has 0 aliphatic carbocycles. The van der Waals surface area contributed by atoms with Gasteiger partial charge in [-0.1, -0.05) is 18.2 Å². The molecule has 1 heterocycles. The molecule has 0 unspecified atom stereocenters. The Morgan fingerprint density at radius 3 is 2.65 bits per heavy atom. The minimum absolute atomic E-state index is 0.0626. The molecule has 0 radical (unpaired) electrons. The number of halogens is 2. The lowest BCUT2D eigenvalue weighted by Crippen LogP contribution is -2.19. The number of hydrogen-bond donors (Lipinski definition) is 0. The second kappa shape index (κ2) is 6.13. The van der Waals surface area contributed by atoms with E-state index in [4.69, 9.17) is 0 Å². The van der Waals surface area contributed by atoms with Gasteiger partial charge in [-0.3, -0.25) is 9.59 Å². The lowest BCUT2D eigenvalue weighted by molar-refractivity contribution is -0.116. The molecule has 2 rings (SSSR count). The number of pyridine rings is 1. The fraction of sp³-hybridized carbons (Fsp3) is 0.200. The van der Waals surface area contributed by atoms with Crippen molar-refractivity contribution in [2.24, 2.45) is 0 Å². The average Bonchev–Trinajstić information content (AvgIpc) is 2.38. The fourth-order valence-corrected chi connectivity index (χ4v) is 2.35. The van der Waals surface area contributed by atoms with Gasteiger partial charge in [0.25, 0.3) is 5.56 Å². The number of carbonyl (C=O) groups is 1. The second-order valence-electron chi connectivity index (χ2n) is 4.58. The fourth-order valence-electron chi connectivity index (χ4n) is 1.97. The summed E-state index contributed by atoms with van der Waals surface area (Å²) in [6.45, 7) is 1.56. The van der Waals surface area contributed by atoms with Gasteiger partial charge < -0.3 is 4.57 Å². The van der Waals surface area contributed by atoms with Crippen LogP contribution in [-0.2, 0) is 17.8 Å². The van der Waals surface area contributed by atoms with Crippen LogP contribution in [0.4, 0.5) is 4.39 Å². The molecule has 1 aromatic heterocycles. The number of Topliss-reactive ketones (excluding diaryl/α,β-unsaturated/α-hetero) is 1. The molecular weight excluding hydrogens is 325 g/mol. The predicted octanol–water partition coefficient (Wildman–Crippen LogP) is 2.93. The van der Waals surface area contributed by atoms with Crippen LogP contribution in [-0.4, -0.2) is 10.4 Å². The van der Waals surface area contributed by atoms with Crippen molar-refractivity contribution in [3.05, 3.63) is 68.3 Å². The topological polar surface area (TPSA) is 39.1 Å². The Bertz CT molecular complexity index is 709. The largest absolute Gasteiger partial charge is 0.310 e. The molecule has 0 aliphatic rings. The Labute approximate surface area is 124 Å². The molecule has 2 aromatic rings. The van der Waals surface area contributed by atoms with Gasteiger partial charge in [0.1, 0.15) is 11.6 Å². The summed E-state index contributed by atoms with van der Waals surface area (Å²) in [6.07, 6.45) is 1.67. The van der Waals surface area contributed by atoms with Crippen LogP contribution in [0, 0.1) is 5.82 Å². The summed E-state index contributed by atoms with van der Waals surface area (Å²) in [5, 5.41) is 0. The molecule has 0 amide bonds. The van der Waals surface area contributed by atoms with Gasteiger partial charge in [0, 0.05) is 28.7 Å². The Morgan fingerprint density at radius 1 is 1.25 bits per heavy atom. The van der Waals surface area contributed by atoms with Gasteiger partial charge in [0.05, 0.1) is 6.54 Å². The maximum absolute atomic E-state index is 14.3. The summed E-state index contributed by atoms with van der Waals surface area (Å²) in [6, 6.07) is 7.96. The monoisotopic (exact) mass is 337 g/mol. The van der Waals surface area contributed by atoms with Gasteiger partial charge in [-0.05, 0) is 34.5 Å². The highest BCUT2D eigenvalue weighted by Crippen LogP contribution is 2.15. The van der Waals surface area contributed by atoms with Crippen LogP contribution in [0.3, 0.4) is 0 Å². The third kappa shape index (κ3) is 3.42. The van der Waals surface area contributed by atoms with Crippen molar-refractivity contribution in [3.63, 3.8) is 0 Å². The summed E-state index contributed by atoms with van der Waals surface area (Å²) >= 11 is 3.28. The number of ketones is 1. The number of carbonyl (C=O) groups excluding carboxylic acids is 1. The molecule has 0 saturated heterocycles. The third-order valence-electron chi connectivity index (χ3n) is 2.89. The van der Waals surface area contributed by atoms with Crippen molar-refractivity contribution in [2.45, 2.75) is 19.9 Å². The molecule has 0 spiro atoms. The summed E-state index contributed by atoms with van der Waals surface area (Å²) in [7, 11) is 0. The molecule has 3 nitrogen and oxygen atoms in total. The number of aromatic nitrogens is 1. The quantitative estimate of drug-likeness (QED) is 0.860. The highest BCUT2D eigenvalue weighted by atomic mass is 79.9. The maximum Gasteiger partial charge on any atom is 0.250 e. The van der Waals surface area contributed by atoms with Gasteiger partial charge >= 0.3 is 0 Å². The van der Waals surface area contributed by atoms with E-state index in [9.17, 15) is 14.0 Å². The number of nitrogens with zero attached hydrogens (tertiary/aromatic N) is 1. The van der Waals surface area contributed by atoms with Gasteiger partial charge in [-0.2, -0.15) is 0 Å². The van der Waals surface area contributed by atoms with Gasteiger partial charge in [0.2, 0.25) is 0 Å². The molecule has 0 atom stereocenters. The van der Waals surface area contributed by atoms with Gasteiger partial charge in [-0.15, -0.1) is 0 Å². The zero-order valence-corrected chi connectivity index (χ0v) is 12.5. The summed E-state index contributed by atoms with van der Waals surface area (Å²) in [5.41, 5.74) is 0.548. The first-order valence-corrected chi connectivity index (χ1v) is 6.88. The van der Waals surface area contributed by atoms with E-state index in [2.05, 4.69) is 15.9 Å². The third-order valence-corrected chi connectivity index (χ3v) is 3.36. The minimum Gasteiger partial charge on any atom is -0.310 e. The van der Waals surface area contributed by atoms with Crippen molar-refractivity contribution >= 4 is 21.7 Å². The molecule has 0 fully saturated rings. The van der Waals surface area contributed by atoms with Crippen LogP contribution >= 0.6 is 15.9 Å². The zero-order chi connectivity index (χ0) is 14.7. The van der Waals surface area contributed by atoms with E-state index >= 15 is 0 Å². The van der Waals surface area contributed by atoms with Crippen molar-refractivity contribution in [2.75, 3.05) is 0 Å². The molecule has 0 saturated carbocycles. The van der Waals surface area contributed by atoms with Crippen LogP contribution in [0.1, 0.15) is 18.1 Å². The van der Waals surface area contributed by atoms with Crippen LogP contribution in [0.25, 0.3) is 0 Å². The second-order valence-corrected chi connectivity index (χ2v) is 5.50. The standard InChI is InChI=1S/C15H13BrFNO2/c1-10(19)7-11-3-2-4-12(15(11)17)8-18-9-13(16)5-6-14(18)20/h2-6,9H,7-8H2,1H3. The smallest absolute Gasteiger partial charge is 0.250 e. The van der Waals surface area contributed by atoms with E-state index in [0.717, 1.165) is 4.47 Å². The predicted molar refractivity (Wildman–Crippen MR) is 78.3 cm³/mol. The molecule has 104 valence electrons. The first kappa shape index (κ1) is 14.7. The van der Waals surface area contributed by atoms with Crippen LogP contribution < -0.4 is 5.56 Å². The molecule has 0 N–H and O–H groups in total. The molecule has 20 heavy (non-hydrogen) atoms. The summed E-state index contributed by atoms with van der Waals surface area (Å²) < 4.78 is 16.4. The first-order chi connectivity index (χ1) is 9.47. The SMILES string of the molecule is CC(=O)Cc1cccc(Cn2cc(Br)ccc2=O)c1F. The molecule has 0 bridgehead atoms. The maximum atomic E-state index is 14.3. The lowest BCUT2D eigenvalue weighted by atomic mass is 10.0. The summed E-state index contributed by atoms with van der Waals surface area (Å²) in [4.78, 5) is 22.8. The van der Waals surface area contributed by atoms with Crippen molar-refractivity contribution in [3.8, 4) is 0 Å². The van der Waals surface area contributed by atoms with Crippen molar-refractivity contribution < 1.29 is 9.18 Å². The summed E-state index contributed by atoms with van der Waals surface area (Å²) in [5.74, 6) is -0.518. The first-order valence-electron chi connectivity index (χ1n) is 6.09. The minimum atomic E-state index is -0.422. The molecule has 5 heteroatoms. The Balaban J connectivity index is 2.36. The average molecular weight is 338 g/mol. The van der Waals surface area contributed by atoms with E-state index in [1.54, 1.807) is 30.5 Å². The molecule has 1 aromatic carbocycles. The van der Waals surface area contributed by atoms with Crippen molar-refractivity contribution in [1.29, 1.82) is 0 Å². The van der Waals surface area contributed by atoms with Gasteiger partial charge in [0.15, 0.2) is 0 Å². The normalized spacial score (nSPS) is 10.6. The number of rotatable bonds is 4. The van der Waals surface area contributed by atoms with Crippen LogP contribution in [0.2, 0.25) is 0 Å². The van der Waals surface area contributed by atoms with E-state index in [0.29, 0.717) is 11.1 Å². The number of hydrogen-bond acceptors (Lipinski definition) is 2. The lowest BCUT2D eigenvalue weighted by Gasteiger charge is -2.09. The highest BCUT2D eigenvalue weighted by Gasteiger charge is 2.10. The molecule has 0 aliphatic heterocycles. The van der Waals surface area contributed by atoms with Crippen LogP contribution in [0.5, 0.6) is 0 Å². The molecular formula is C15H13BrFNO2. The van der Waals surface area contributed by atoms with E-state index < -0.39 is 5.82 Å². The Kier molecular flexibility index (Phi) is 4.49. The zero-order valence-electron chi connectivity index (χ0n) is 10.9. The van der Waals surface area contributed by atoms with E-state index in [1.807, 2.05) is 0 Å². The Hall–Kier alpha value is -1.75. The van der Waals surface area contributed by atoms with E-state index in [1.165, 1.54) is 17.6 Å². The number of benzene rings is 1. The van der Waals surface area contributed by atoms with Crippen molar-refractivity contribution in [1.82, 2.24) is 4.57 Å².